The van der Waals surface area contributed by atoms with Gasteiger partial charge in [-0.05, 0) is 25.0 Å². The van der Waals surface area contributed by atoms with Crippen molar-refractivity contribution in [3.8, 4) is 0 Å². The first-order valence-electron chi connectivity index (χ1n) is 7.71. The predicted octanol–water partition coefficient (Wildman–Crippen LogP) is 1.92. The van der Waals surface area contributed by atoms with Crippen molar-refractivity contribution >= 4 is 17.5 Å². The molecule has 0 amide bonds. The van der Waals surface area contributed by atoms with Gasteiger partial charge in [-0.1, -0.05) is 30.3 Å². The first kappa shape index (κ1) is 13.9. The summed E-state index contributed by atoms with van der Waals surface area (Å²) in [6.07, 6.45) is 5.61. The van der Waals surface area contributed by atoms with E-state index >= 15 is 0 Å². The lowest BCUT2D eigenvalue weighted by Crippen LogP contribution is -2.59. The van der Waals surface area contributed by atoms with E-state index in [-0.39, 0.29) is 0 Å². The normalized spacial score (nSPS) is 23.5. The molecule has 116 valence electrons. The lowest BCUT2D eigenvalue weighted by atomic mass is 10.1. The van der Waals surface area contributed by atoms with Crippen molar-refractivity contribution in [1.29, 1.82) is 0 Å². The van der Waals surface area contributed by atoms with Crippen LogP contribution < -0.4 is 16.4 Å². The Kier molecular flexibility index (Phi) is 3.31. The van der Waals surface area contributed by atoms with Crippen molar-refractivity contribution in [2.45, 2.75) is 18.6 Å². The molecule has 2 aliphatic rings. The first-order valence-corrected chi connectivity index (χ1v) is 7.71. The summed E-state index contributed by atoms with van der Waals surface area (Å²) in [7, 11) is 0. The number of nitrogens with one attached hydrogen (secondary N) is 2. The summed E-state index contributed by atoms with van der Waals surface area (Å²) in [6.45, 7) is 0. The molecular formula is C17H18N6. The number of anilines is 1. The first-order chi connectivity index (χ1) is 11.2. The Morgan fingerprint density at radius 1 is 1.09 bits per heavy atom. The molecule has 1 aliphatic carbocycles. The SMILES string of the molecule is NC1(C2CC2)N=C(Nc2ccncc2)N=C(c2ccccc2)N1. The Labute approximate surface area is 134 Å². The molecule has 0 bridgehead atoms. The summed E-state index contributed by atoms with van der Waals surface area (Å²) in [5.74, 6) is 0.795. The van der Waals surface area contributed by atoms with Gasteiger partial charge in [0.15, 0.2) is 5.79 Å². The minimum Gasteiger partial charge on any atom is -0.333 e. The predicted molar refractivity (Wildman–Crippen MR) is 91.1 cm³/mol. The Balaban J connectivity index is 1.69. The van der Waals surface area contributed by atoms with E-state index in [1.807, 2.05) is 42.5 Å². The number of guanidine groups is 1. The van der Waals surface area contributed by atoms with Gasteiger partial charge in [-0.3, -0.25) is 10.7 Å². The number of aliphatic imine (C=N–C) groups is 2. The van der Waals surface area contributed by atoms with Crippen molar-refractivity contribution in [1.82, 2.24) is 10.3 Å². The maximum absolute atomic E-state index is 6.50. The standard InChI is InChI=1S/C17H18N6/c18-17(13-6-7-13)22-15(12-4-2-1-3-5-12)21-16(23-17)20-14-8-10-19-11-9-14/h1-5,8-11,13H,6-7,18H2,(H2,19,20,21,22,23). The molecule has 23 heavy (non-hydrogen) atoms. The van der Waals surface area contributed by atoms with Crippen LogP contribution in [0.3, 0.4) is 0 Å². The minimum absolute atomic E-state index is 0.339. The number of hydrogen-bond acceptors (Lipinski definition) is 6. The third-order valence-corrected chi connectivity index (χ3v) is 4.01. The van der Waals surface area contributed by atoms with E-state index in [0.717, 1.165) is 29.9 Å². The largest absolute Gasteiger partial charge is 0.333 e. The van der Waals surface area contributed by atoms with Crippen LogP contribution in [0.25, 0.3) is 0 Å². The summed E-state index contributed by atoms with van der Waals surface area (Å²) in [5.41, 5.74) is 8.38. The van der Waals surface area contributed by atoms with Gasteiger partial charge in [0.05, 0.1) is 0 Å². The second-order valence-electron chi connectivity index (χ2n) is 5.85. The topological polar surface area (TPSA) is 87.7 Å². The molecule has 1 aromatic carbocycles. The molecule has 1 saturated carbocycles. The zero-order chi connectivity index (χ0) is 15.7. The number of nitrogens with two attached hydrogens (primary N) is 1. The Hall–Kier alpha value is -2.73. The van der Waals surface area contributed by atoms with Gasteiger partial charge in [0, 0.05) is 29.6 Å². The van der Waals surface area contributed by atoms with Crippen molar-refractivity contribution < 1.29 is 0 Å². The highest BCUT2D eigenvalue weighted by Gasteiger charge is 2.45. The lowest BCUT2D eigenvalue weighted by molar-refractivity contribution is 0.354. The smallest absolute Gasteiger partial charge is 0.228 e. The highest BCUT2D eigenvalue weighted by molar-refractivity contribution is 6.10. The molecular weight excluding hydrogens is 288 g/mol. The van der Waals surface area contributed by atoms with Crippen LogP contribution in [-0.4, -0.2) is 22.6 Å². The lowest BCUT2D eigenvalue weighted by Gasteiger charge is -2.32. The van der Waals surface area contributed by atoms with Gasteiger partial charge in [0.2, 0.25) is 5.96 Å². The van der Waals surface area contributed by atoms with Crippen LogP contribution in [0.5, 0.6) is 0 Å². The zero-order valence-electron chi connectivity index (χ0n) is 12.6. The van der Waals surface area contributed by atoms with Crippen molar-refractivity contribution in [2.75, 3.05) is 5.32 Å². The van der Waals surface area contributed by atoms with Gasteiger partial charge >= 0.3 is 0 Å². The van der Waals surface area contributed by atoms with Crippen LogP contribution in [0.4, 0.5) is 5.69 Å². The number of rotatable bonds is 3. The number of amidine groups is 1. The fourth-order valence-corrected chi connectivity index (χ4v) is 2.62. The number of pyridine rings is 1. The van der Waals surface area contributed by atoms with Crippen LogP contribution in [0.1, 0.15) is 18.4 Å². The molecule has 2 heterocycles. The average molecular weight is 306 g/mol. The molecule has 1 atom stereocenters. The van der Waals surface area contributed by atoms with E-state index in [1.165, 1.54) is 0 Å². The number of aromatic nitrogens is 1. The fourth-order valence-electron chi connectivity index (χ4n) is 2.62. The van der Waals surface area contributed by atoms with E-state index < -0.39 is 5.79 Å². The van der Waals surface area contributed by atoms with Gasteiger partial charge in [0.1, 0.15) is 5.84 Å². The van der Waals surface area contributed by atoms with Crippen LogP contribution in [0.2, 0.25) is 0 Å². The number of hydrogen-bond donors (Lipinski definition) is 3. The maximum atomic E-state index is 6.50. The molecule has 0 radical (unpaired) electrons. The van der Waals surface area contributed by atoms with Gasteiger partial charge in [-0.25, -0.2) is 4.99 Å². The third kappa shape index (κ3) is 2.93. The Bertz CT molecular complexity index is 751. The second kappa shape index (κ2) is 5.48. The quantitative estimate of drug-likeness (QED) is 0.808. The van der Waals surface area contributed by atoms with E-state index in [4.69, 9.17) is 5.73 Å². The fraction of sp³-hybridized carbons (Fsp3) is 0.235. The van der Waals surface area contributed by atoms with Gasteiger partial charge in [0.25, 0.3) is 0 Å². The van der Waals surface area contributed by atoms with E-state index in [0.29, 0.717) is 11.9 Å². The molecule has 6 nitrogen and oxygen atoms in total. The summed E-state index contributed by atoms with van der Waals surface area (Å²) < 4.78 is 0. The van der Waals surface area contributed by atoms with Crippen LogP contribution in [0, 0.1) is 5.92 Å². The number of nitrogens with zero attached hydrogens (tertiary/aromatic N) is 3. The molecule has 1 fully saturated rings. The van der Waals surface area contributed by atoms with Crippen LogP contribution in [0.15, 0.2) is 64.8 Å². The van der Waals surface area contributed by atoms with Crippen molar-refractivity contribution in [3.05, 3.63) is 60.4 Å². The highest BCUT2D eigenvalue weighted by Crippen LogP contribution is 2.38. The molecule has 6 heteroatoms. The second-order valence-corrected chi connectivity index (χ2v) is 5.85. The number of benzene rings is 1. The maximum Gasteiger partial charge on any atom is 0.228 e. The van der Waals surface area contributed by atoms with Crippen molar-refractivity contribution in [2.24, 2.45) is 21.6 Å². The van der Waals surface area contributed by atoms with Gasteiger partial charge in [-0.15, -0.1) is 0 Å². The monoisotopic (exact) mass is 306 g/mol. The average Bonchev–Trinajstić information content (AvgIpc) is 3.42. The van der Waals surface area contributed by atoms with E-state index in [2.05, 4.69) is 25.6 Å². The molecule has 1 aromatic heterocycles. The van der Waals surface area contributed by atoms with Crippen molar-refractivity contribution in [3.63, 3.8) is 0 Å². The van der Waals surface area contributed by atoms with Crippen LogP contribution in [-0.2, 0) is 0 Å². The molecule has 0 saturated heterocycles. The summed E-state index contributed by atoms with van der Waals surface area (Å²) in [5, 5.41) is 6.53. The molecule has 1 unspecified atom stereocenters. The molecule has 4 N–H and O–H groups in total. The zero-order valence-corrected chi connectivity index (χ0v) is 12.6. The Morgan fingerprint density at radius 2 is 1.83 bits per heavy atom. The van der Waals surface area contributed by atoms with E-state index in [1.54, 1.807) is 12.4 Å². The third-order valence-electron chi connectivity index (χ3n) is 4.01. The minimum atomic E-state index is -0.803. The summed E-state index contributed by atoms with van der Waals surface area (Å²) in [4.78, 5) is 13.2. The summed E-state index contributed by atoms with van der Waals surface area (Å²) in [6, 6.07) is 13.7. The Morgan fingerprint density at radius 3 is 2.52 bits per heavy atom. The molecule has 4 rings (SSSR count). The van der Waals surface area contributed by atoms with E-state index in [9.17, 15) is 0 Å². The molecule has 1 aliphatic heterocycles. The highest BCUT2D eigenvalue weighted by atomic mass is 15.4. The van der Waals surface area contributed by atoms with Gasteiger partial charge in [-0.2, -0.15) is 4.99 Å². The summed E-state index contributed by atoms with van der Waals surface area (Å²) >= 11 is 0. The molecule has 0 spiro atoms. The van der Waals surface area contributed by atoms with Crippen LogP contribution >= 0.6 is 0 Å². The molecule has 2 aromatic rings. The van der Waals surface area contributed by atoms with Gasteiger partial charge < -0.3 is 10.6 Å².